The number of carbonyl (C=O) groups is 1. The van der Waals surface area contributed by atoms with Crippen molar-refractivity contribution in [3.8, 4) is 0 Å². The highest BCUT2D eigenvalue weighted by molar-refractivity contribution is 7.99. The third kappa shape index (κ3) is 3.41. The van der Waals surface area contributed by atoms with Crippen molar-refractivity contribution >= 4 is 17.7 Å². The van der Waals surface area contributed by atoms with E-state index in [4.69, 9.17) is 9.15 Å². The predicted molar refractivity (Wildman–Crippen MR) is 101 cm³/mol. The summed E-state index contributed by atoms with van der Waals surface area (Å²) in [7, 11) is 0. The Bertz CT molecular complexity index is 676. The van der Waals surface area contributed by atoms with E-state index in [2.05, 4.69) is 10.2 Å². The Kier molecular flexibility index (Phi) is 4.50. The molecule has 1 aromatic heterocycles. The highest BCUT2D eigenvalue weighted by Gasteiger charge is 2.54. The van der Waals surface area contributed by atoms with Crippen LogP contribution in [0.25, 0.3) is 0 Å². The molecule has 0 radical (unpaired) electrons. The van der Waals surface area contributed by atoms with Crippen LogP contribution < -0.4 is 0 Å². The smallest absolute Gasteiger partial charge is 0.277 e. The number of thioether (sulfide) groups is 1. The molecule has 2 heterocycles. The minimum atomic E-state index is 0.0915. The van der Waals surface area contributed by atoms with Crippen LogP contribution in [0.15, 0.2) is 9.64 Å². The van der Waals surface area contributed by atoms with Crippen LogP contribution in [0.1, 0.15) is 58.3 Å². The van der Waals surface area contributed by atoms with Gasteiger partial charge in [-0.1, -0.05) is 11.8 Å². The normalized spacial score (nSPS) is 40.5. The van der Waals surface area contributed by atoms with E-state index >= 15 is 0 Å². The fourth-order valence-electron chi connectivity index (χ4n) is 6.45. The molecule has 1 aromatic rings. The fourth-order valence-corrected chi connectivity index (χ4v) is 7.12. The molecule has 6 nitrogen and oxygen atoms in total. The third-order valence-electron chi connectivity index (χ3n) is 6.99. The molecule has 7 heteroatoms. The maximum atomic E-state index is 12.6. The first-order valence-corrected chi connectivity index (χ1v) is 11.4. The number of amides is 1. The molecule has 4 aliphatic carbocycles. The van der Waals surface area contributed by atoms with Gasteiger partial charge in [0, 0.05) is 18.5 Å². The van der Waals surface area contributed by atoms with E-state index in [0.29, 0.717) is 24.1 Å². The van der Waals surface area contributed by atoms with Crippen molar-refractivity contribution in [2.75, 3.05) is 18.8 Å². The summed E-state index contributed by atoms with van der Waals surface area (Å²) in [5.74, 6) is 3.87. The van der Waals surface area contributed by atoms with Gasteiger partial charge in [0.15, 0.2) is 0 Å². The van der Waals surface area contributed by atoms with E-state index in [1.54, 1.807) is 0 Å². The molecule has 4 bridgehead atoms. The second kappa shape index (κ2) is 6.76. The van der Waals surface area contributed by atoms with Gasteiger partial charge in [-0.15, -0.1) is 10.2 Å². The minimum absolute atomic E-state index is 0.0915. The minimum Gasteiger partial charge on any atom is -0.415 e. The lowest BCUT2D eigenvalue weighted by atomic mass is 9.49. The first-order chi connectivity index (χ1) is 13.0. The lowest BCUT2D eigenvalue weighted by molar-refractivity contribution is -0.140. The highest BCUT2D eigenvalue weighted by Crippen LogP contribution is 2.60. The summed E-state index contributed by atoms with van der Waals surface area (Å²) in [5, 5.41) is 9.25. The Labute approximate surface area is 164 Å². The zero-order valence-corrected chi connectivity index (χ0v) is 17.0. The maximum absolute atomic E-state index is 12.6. The van der Waals surface area contributed by atoms with Crippen molar-refractivity contribution < 1.29 is 13.9 Å². The fraction of sp³-hybridized carbons (Fsp3) is 0.850. The summed E-state index contributed by atoms with van der Waals surface area (Å²) in [6, 6.07) is 0. The molecule has 5 fully saturated rings. The molecule has 0 N–H and O–H groups in total. The van der Waals surface area contributed by atoms with Crippen molar-refractivity contribution in [1.82, 2.24) is 15.1 Å². The molecule has 0 spiro atoms. The van der Waals surface area contributed by atoms with Gasteiger partial charge in [-0.2, -0.15) is 0 Å². The van der Waals surface area contributed by atoms with Crippen molar-refractivity contribution in [2.45, 2.75) is 75.2 Å². The predicted octanol–water partition coefficient (Wildman–Crippen LogP) is 3.27. The summed E-state index contributed by atoms with van der Waals surface area (Å²) < 4.78 is 11.8. The summed E-state index contributed by atoms with van der Waals surface area (Å²) in [5.41, 5.74) is 0.125. The third-order valence-corrected chi connectivity index (χ3v) is 7.79. The zero-order valence-electron chi connectivity index (χ0n) is 16.2. The number of aromatic nitrogens is 2. The van der Waals surface area contributed by atoms with Gasteiger partial charge in [-0.05, 0) is 70.1 Å². The van der Waals surface area contributed by atoms with Gasteiger partial charge in [-0.3, -0.25) is 4.79 Å². The number of hydrogen-bond donors (Lipinski definition) is 0. The number of rotatable bonds is 4. The summed E-state index contributed by atoms with van der Waals surface area (Å²) in [6.45, 7) is 5.34. The molecule has 6 rings (SSSR count). The van der Waals surface area contributed by atoms with Crippen LogP contribution >= 0.6 is 11.8 Å². The van der Waals surface area contributed by atoms with E-state index in [-0.39, 0.29) is 23.5 Å². The van der Waals surface area contributed by atoms with Gasteiger partial charge in [0.2, 0.25) is 11.8 Å². The van der Waals surface area contributed by atoms with Gasteiger partial charge >= 0.3 is 0 Å². The molecule has 2 atom stereocenters. The van der Waals surface area contributed by atoms with E-state index in [1.807, 2.05) is 18.7 Å². The number of nitrogens with zero attached hydrogens (tertiary/aromatic N) is 3. The Hall–Kier alpha value is -1.08. The number of morpholine rings is 1. The van der Waals surface area contributed by atoms with Crippen molar-refractivity contribution in [3.63, 3.8) is 0 Å². The lowest BCUT2D eigenvalue weighted by Gasteiger charge is -2.55. The quantitative estimate of drug-likeness (QED) is 0.734. The molecule has 1 saturated heterocycles. The summed E-state index contributed by atoms with van der Waals surface area (Å²) in [6.07, 6.45) is 8.04. The SMILES string of the molecule is C[C@@H]1CN(C(=O)CSc2nnc(C34CC5CC(CC(C5)C3)C4)o2)C[C@H](C)O1. The van der Waals surface area contributed by atoms with Crippen LogP contribution in [0.2, 0.25) is 0 Å². The summed E-state index contributed by atoms with van der Waals surface area (Å²) in [4.78, 5) is 14.4. The topological polar surface area (TPSA) is 68.5 Å². The Balaban J connectivity index is 1.22. The van der Waals surface area contributed by atoms with Gasteiger partial charge in [-0.25, -0.2) is 0 Å². The number of carbonyl (C=O) groups excluding carboxylic acids is 1. The van der Waals surface area contributed by atoms with E-state index in [1.165, 1.54) is 50.3 Å². The molecule has 5 aliphatic rings. The Morgan fingerprint density at radius 1 is 1.07 bits per heavy atom. The molecule has 0 unspecified atom stereocenters. The Morgan fingerprint density at radius 2 is 1.67 bits per heavy atom. The summed E-state index contributed by atoms with van der Waals surface area (Å²) >= 11 is 1.38. The number of ether oxygens (including phenoxy) is 1. The van der Waals surface area contributed by atoms with Gasteiger partial charge in [0.1, 0.15) is 0 Å². The highest BCUT2D eigenvalue weighted by atomic mass is 32.2. The molecular formula is C20H29N3O3S. The van der Waals surface area contributed by atoms with Crippen LogP contribution in [0.3, 0.4) is 0 Å². The molecule has 1 amide bonds. The second-order valence-electron chi connectivity index (χ2n) is 9.42. The van der Waals surface area contributed by atoms with Crippen LogP contribution in [0.5, 0.6) is 0 Å². The van der Waals surface area contributed by atoms with E-state index in [0.717, 1.165) is 23.6 Å². The lowest BCUT2D eigenvalue weighted by Crippen LogP contribution is -2.48. The second-order valence-corrected chi connectivity index (χ2v) is 10.3. The zero-order chi connectivity index (χ0) is 18.6. The van der Waals surface area contributed by atoms with E-state index < -0.39 is 0 Å². The van der Waals surface area contributed by atoms with Crippen LogP contribution in [-0.4, -0.2) is 52.1 Å². The number of hydrogen-bond acceptors (Lipinski definition) is 6. The average molecular weight is 392 g/mol. The van der Waals surface area contributed by atoms with Gasteiger partial charge in [0.25, 0.3) is 5.22 Å². The van der Waals surface area contributed by atoms with Crippen molar-refractivity contribution in [1.29, 1.82) is 0 Å². The maximum Gasteiger partial charge on any atom is 0.277 e. The molecule has 0 aromatic carbocycles. The molecule has 148 valence electrons. The van der Waals surface area contributed by atoms with Crippen molar-refractivity contribution in [3.05, 3.63) is 5.89 Å². The molecule has 4 saturated carbocycles. The van der Waals surface area contributed by atoms with Crippen molar-refractivity contribution in [2.24, 2.45) is 17.8 Å². The van der Waals surface area contributed by atoms with E-state index in [9.17, 15) is 4.79 Å². The Morgan fingerprint density at radius 3 is 2.26 bits per heavy atom. The monoisotopic (exact) mass is 391 g/mol. The van der Waals surface area contributed by atoms with Crippen LogP contribution in [-0.2, 0) is 14.9 Å². The molecule has 1 aliphatic heterocycles. The first kappa shape index (κ1) is 18.0. The molecular weight excluding hydrogens is 362 g/mol. The van der Waals surface area contributed by atoms with Gasteiger partial charge < -0.3 is 14.1 Å². The standard InChI is InChI=1S/C20H29N3O3S/c1-12-9-23(10-13(2)25-12)17(24)11-27-19-22-21-18(26-19)20-6-14-3-15(7-20)5-16(4-14)8-20/h12-16H,3-11H2,1-2H3/t12-,13+,14?,15?,16?,20?. The largest absolute Gasteiger partial charge is 0.415 e. The van der Waals surface area contributed by atoms with Crippen LogP contribution in [0, 0.1) is 17.8 Å². The molecule has 27 heavy (non-hydrogen) atoms. The average Bonchev–Trinajstić information content (AvgIpc) is 3.07. The van der Waals surface area contributed by atoms with Crippen LogP contribution in [0.4, 0.5) is 0 Å². The van der Waals surface area contributed by atoms with Gasteiger partial charge in [0.05, 0.1) is 18.0 Å². The first-order valence-electron chi connectivity index (χ1n) is 10.4.